The van der Waals surface area contributed by atoms with Crippen LogP contribution in [0.2, 0.25) is 12.6 Å². The predicted octanol–water partition coefficient (Wildman–Crippen LogP) is 12.5. The summed E-state index contributed by atoms with van der Waals surface area (Å²) in [4.78, 5) is 0. The van der Waals surface area contributed by atoms with Gasteiger partial charge in [-0.05, 0) is 19.0 Å². The molecule has 0 aromatic carbocycles. The Morgan fingerprint density at radius 2 is 0.514 bits per heavy atom. The Kier molecular flexibility index (Phi) is 29.9. The van der Waals surface area contributed by atoms with Crippen LogP contribution in [0.1, 0.15) is 180 Å². The van der Waals surface area contributed by atoms with Gasteiger partial charge in [0.2, 0.25) is 6.69 Å². The highest BCUT2D eigenvalue weighted by Gasteiger charge is 2.19. The van der Waals surface area contributed by atoms with Crippen LogP contribution in [0.25, 0.3) is 0 Å². The lowest BCUT2D eigenvalue weighted by Gasteiger charge is -2.09. The third kappa shape index (κ3) is 34.8. The second kappa shape index (κ2) is 29.3. The number of unbranched alkanes of at least 4 members (excludes halogenated alkanes) is 27. The summed E-state index contributed by atoms with van der Waals surface area (Å²) in [7, 11) is 0. The fourth-order valence-electron chi connectivity index (χ4n) is 5.14. The van der Waals surface area contributed by atoms with Crippen LogP contribution in [-0.2, 0) is 0 Å². The number of rotatable bonds is 30. The van der Waals surface area contributed by atoms with Crippen molar-refractivity contribution in [3.8, 4) is 0 Å². The predicted molar refractivity (Wildman–Crippen MR) is 164 cm³/mol. The quantitative estimate of drug-likeness (QED) is 0.0535. The molecular formula is C31H64Cl2OSi. The monoisotopic (exact) mass is 550 g/mol. The van der Waals surface area contributed by atoms with Gasteiger partial charge in [-0.2, -0.15) is 0 Å². The molecule has 0 aromatic rings. The molecule has 1 nitrogen and oxygen atoms in total. The van der Waals surface area contributed by atoms with E-state index in [1.807, 2.05) is 6.55 Å². The molecule has 0 aliphatic heterocycles. The number of hydrogen-bond donors (Lipinski definition) is 1. The summed E-state index contributed by atoms with van der Waals surface area (Å²) in [6.45, 7) is 0.566. The van der Waals surface area contributed by atoms with Gasteiger partial charge in [0.05, 0.1) is 0 Å². The van der Waals surface area contributed by atoms with E-state index in [-0.39, 0.29) is 0 Å². The van der Waals surface area contributed by atoms with E-state index in [0.717, 1.165) is 12.5 Å². The fourth-order valence-corrected chi connectivity index (χ4v) is 6.82. The minimum absolute atomic E-state index is 0.370. The van der Waals surface area contributed by atoms with Gasteiger partial charge in [-0.15, -0.1) is 22.2 Å². The standard InChI is InChI=1S/C31H64Cl2OSi/c1-35(32,33)31-29-27-25-23-21-19-17-15-13-11-9-7-5-3-2-4-6-8-10-12-14-16-18-20-22-24-26-28-30-34/h34H,2-31H2,1H3. The molecular weight excluding hydrogens is 487 g/mol. The van der Waals surface area contributed by atoms with E-state index in [2.05, 4.69) is 0 Å². The van der Waals surface area contributed by atoms with Gasteiger partial charge in [0.1, 0.15) is 0 Å². The van der Waals surface area contributed by atoms with Gasteiger partial charge in [0.15, 0.2) is 0 Å². The van der Waals surface area contributed by atoms with E-state index >= 15 is 0 Å². The van der Waals surface area contributed by atoms with Crippen LogP contribution in [0.5, 0.6) is 0 Å². The molecule has 1 N–H and O–H groups in total. The van der Waals surface area contributed by atoms with Crippen molar-refractivity contribution >= 4 is 28.9 Å². The summed E-state index contributed by atoms with van der Waals surface area (Å²) < 4.78 is 0. The second-order valence-electron chi connectivity index (χ2n) is 11.4. The van der Waals surface area contributed by atoms with Crippen molar-refractivity contribution in [2.75, 3.05) is 6.61 Å². The van der Waals surface area contributed by atoms with Crippen LogP contribution in [0.4, 0.5) is 0 Å². The Bertz CT molecular complexity index is 387. The van der Waals surface area contributed by atoms with Gasteiger partial charge >= 0.3 is 0 Å². The van der Waals surface area contributed by atoms with Crippen LogP contribution in [0.3, 0.4) is 0 Å². The summed E-state index contributed by atoms with van der Waals surface area (Å²) in [6.07, 6.45) is 39.2. The average Bonchev–Trinajstić information content (AvgIpc) is 2.82. The molecule has 0 atom stereocenters. The zero-order valence-corrected chi connectivity index (χ0v) is 26.4. The molecule has 212 valence electrons. The lowest BCUT2D eigenvalue weighted by Crippen LogP contribution is -2.11. The van der Waals surface area contributed by atoms with E-state index in [1.54, 1.807) is 0 Å². The zero-order valence-electron chi connectivity index (χ0n) is 23.9. The van der Waals surface area contributed by atoms with Crippen molar-refractivity contribution in [3.63, 3.8) is 0 Å². The lowest BCUT2D eigenvalue weighted by molar-refractivity contribution is 0.282. The molecule has 4 heteroatoms. The zero-order chi connectivity index (χ0) is 25.7. The molecule has 0 heterocycles. The topological polar surface area (TPSA) is 20.2 Å². The Labute approximate surface area is 232 Å². The molecule has 0 aliphatic carbocycles. The van der Waals surface area contributed by atoms with Crippen molar-refractivity contribution in [2.45, 2.75) is 192 Å². The van der Waals surface area contributed by atoms with Gasteiger partial charge in [-0.3, -0.25) is 0 Å². The van der Waals surface area contributed by atoms with Crippen molar-refractivity contribution in [1.29, 1.82) is 0 Å². The SMILES string of the molecule is C[Si](Cl)(Cl)CCCCCCCCCCCCCCCCCCCCCCCCCCCCCCO. The lowest BCUT2D eigenvalue weighted by atomic mass is 10.0. The van der Waals surface area contributed by atoms with Gasteiger partial charge in [0.25, 0.3) is 0 Å². The molecule has 0 fully saturated rings. The number of aliphatic hydroxyl groups excluding tert-OH is 1. The van der Waals surface area contributed by atoms with Gasteiger partial charge in [-0.1, -0.05) is 173 Å². The van der Waals surface area contributed by atoms with Crippen LogP contribution in [-0.4, -0.2) is 18.4 Å². The minimum atomic E-state index is -1.84. The first-order valence-corrected chi connectivity index (χ1v) is 20.8. The molecule has 0 saturated carbocycles. The van der Waals surface area contributed by atoms with Crippen LogP contribution >= 0.6 is 22.2 Å². The van der Waals surface area contributed by atoms with E-state index < -0.39 is 6.69 Å². The van der Waals surface area contributed by atoms with Crippen molar-refractivity contribution in [1.82, 2.24) is 0 Å². The summed E-state index contributed by atoms with van der Waals surface area (Å²) in [6, 6.07) is 1.06. The molecule has 0 spiro atoms. The molecule has 0 bridgehead atoms. The van der Waals surface area contributed by atoms with E-state index in [0.29, 0.717) is 6.61 Å². The molecule has 0 unspecified atom stereocenters. The first-order chi connectivity index (χ1) is 17.1. The van der Waals surface area contributed by atoms with Gasteiger partial charge in [-0.25, -0.2) is 0 Å². The van der Waals surface area contributed by atoms with E-state index in [4.69, 9.17) is 27.3 Å². The molecule has 0 radical (unpaired) electrons. The van der Waals surface area contributed by atoms with Gasteiger partial charge < -0.3 is 5.11 Å². The van der Waals surface area contributed by atoms with E-state index in [1.165, 1.54) is 173 Å². The second-order valence-corrected chi connectivity index (χ2v) is 19.7. The largest absolute Gasteiger partial charge is 0.396 e. The maximum absolute atomic E-state index is 8.77. The maximum atomic E-state index is 8.77. The first kappa shape index (κ1) is 35.8. The molecule has 0 saturated heterocycles. The third-order valence-electron chi connectivity index (χ3n) is 7.52. The summed E-state index contributed by atoms with van der Waals surface area (Å²) in [5, 5.41) is 8.77. The fraction of sp³-hybridized carbons (Fsp3) is 1.00. The normalized spacial score (nSPS) is 12.0. The Balaban J connectivity index is 3.03. The summed E-state index contributed by atoms with van der Waals surface area (Å²) in [5.41, 5.74) is 0. The average molecular weight is 552 g/mol. The molecule has 0 amide bonds. The highest BCUT2D eigenvalue weighted by Crippen LogP contribution is 2.23. The molecule has 0 aliphatic rings. The summed E-state index contributed by atoms with van der Waals surface area (Å²) in [5.74, 6) is 0. The molecule has 0 rings (SSSR count). The van der Waals surface area contributed by atoms with Crippen molar-refractivity contribution in [3.05, 3.63) is 0 Å². The molecule has 0 aromatic heterocycles. The van der Waals surface area contributed by atoms with Crippen LogP contribution in [0.15, 0.2) is 0 Å². The minimum Gasteiger partial charge on any atom is -0.396 e. The molecule has 35 heavy (non-hydrogen) atoms. The highest BCUT2D eigenvalue weighted by atomic mass is 35.7. The number of halogens is 2. The van der Waals surface area contributed by atoms with Crippen molar-refractivity contribution < 1.29 is 5.11 Å². The number of hydrogen-bond acceptors (Lipinski definition) is 1. The first-order valence-electron chi connectivity index (χ1n) is 16.0. The maximum Gasteiger partial charge on any atom is 0.248 e. The smallest absolute Gasteiger partial charge is 0.248 e. The van der Waals surface area contributed by atoms with E-state index in [9.17, 15) is 0 Å². The van der Waals surface area contributed by atoms with Crippen molar-refractivity contribution in [2.24, 2.45) is 0 Å². The Morgan fingerprint density at radius 3 is 0.686 bits per heavy atom. The third-order valence-corrected chi connectivity index (χ3v) is 9.89. The van der Waals surface area contributed by atoms with Crippen LogP contribution in [0, 0.1) is 0 Å². The number of aliphatic hydroxyl groups is 1. The Hall–Kier alpha value is 0.757. The Morgan fingerprint density at radius 1 is 0.343 bits per heavy atom. The van der Waals surface area contributed by atoms with Crippen LogP contribution < -0.4 is 0 Å². The van der Waals surface area contributed by atoms with Gasteiger partial charge in [0, 0.05) is 6.61 Å². The highest BCUT2D eigenvalue weighted by molar-refractivity contribution is 7.44. The summed E-state index contributed by atoms with van der Waals surface area (Å²) >= 11 is 12.3.